The van der Waals surface area contributed by atoms with Crippen LogP contribution in [0.15, 0.2) is 60.7 Å². The van der Waals surface area contributed by atoms with Crippen molar-refractivity contribution < 1.29 is 19.0 Å². The second-order valence-corrected chi connectivity index (χ2v) is 6.03. The van der Waals surface area contributed by atoms with Crippen LogP contribution in [0.5, 0.6) is 11.5 Å². The summed E-state index contributed by atoms with van der Waals surface area (Å²) in [6.45, 7) is 0. The highest BCUT2D eigenvalue weighted by atomic mass is 16.5. The van der Waals surface area contributed by atoms with Gasteiger partial charge in [-0.3, -0.25) is 0 Å². The molecule has 3 rings (SSSR count). The summed E-state index contributed by atoms with van der Waals surface area (Å²) in [5, 5.41) is 5.19. The van der Waals surface area contributed by atoms with Gasteiger partial charge in [-0.05, 0) is 59.3 Å². The Labute approximate surface area is 164 Å². The maximum absolute atomic E-state index is 12.1. The molecular formula is C23H21NO4. The summed E-state index contributed by atoms with van der Waals surface area (Å²) in [7, 11) is 4.59. The third-order valence-corrected chi connectivity index (χ3v) is 4.25. The molecule has 0 aliphatic rings. The molecule has 0 amide bonds. The summed E-state index contributed by atoms with van der Waals surface area (Å²) < 4.78 is 15.3. The van der Waals surface area contributed by atoms with Gasteiger partial charge in [0.1, 0.15) is 11.5 Å². The standard InChI is InChI=1S/C23H21NO4/c1-26-20-11-8-19(9-12-20)24-22(23(25)28-3)13-5-16-4-6-18-15-21(27-2)10-7-17(18)14-16/h4,6-12,14-15,22,24H,1-3H3/t22-/m1/s1. The molecule has 0 saturated carbocycles. The van der Waals surface area contributed by atoms with Crippen LogP contribution in [0.2, 0.25) is 0 Å². The Morgan fingerprint density at radius 1 is 0.857 bits per heavy atom. The number of methoxy groups -OCH3 is 3. The molecule has 0 unspecified atom stereocenters. The van der Waals surface area contributed by atoms with Crippen LogP contribution in [0, 0.1) is 11.8 Å². The lowest BCUT2D eigenvalue weighted by atomic mass is 10.1. The number of rotatable bonds is 5. The Kier molecular flexibility index (Phi) is 6.03. The number of ether oxygens (including phenoxy) is 3. The van der Waals surface area contributed by atoms with Crippen molar-refractivity contribution in [1.29, 1.82) is 0 Å². The third kappa shape index (κ3) is 4.54. The monoisotopic (exact) mass is 375 g/mol. The van der Waals surface area contributed by atoms with Crippen LogP contribution in [0.25, 0.3) is 10.8 Å². The van der Waals surface area contributed by atoms with E-state index < -0.39 is 12.0 Å². The average molecular weight is 375 g/mol. The number of carbonyl (C=O) groups is 1. The molecule has 1 atom stereocenters. The van der Waals surface area contributed by atoms with Gasteiger partial charge in [0, 0.05) is 11.3 Å². The van der Waals surface area contributed by atoms with Crippen molar-refractivity contribution in [2.24, 2.45) is 0 Å². The number of fused-ring (bicyclic) bond motifs is 1. The first-order valence-corrected chi connectivity index (χ1v) is 8.70. The fourth-order valence-corrected chi connectivity index (χ4v) is 2.71. The first kappa shape index (κ1) is 19.1. The predicted octanol–water partition coefficient (Wildman–Crippen LogP) is 3.86. The van der Waals surface area contributed by atoms with Crippen LogP contribution in [0.3, 0.4) is 0 Å². The number of esters is 1. The highest BCUT2D eigenvalue weighted by molar-refractivity contribution is 5.86. The van der Waals surface area contributed by atoms with Crippen molar-refractivity contribution in [3.8, 4) is 23.3 Å². The zero-order valence-corrected chi connectivity index (χ0v) is 16.0. The van der Waals surface area contributed by atoms with E-state index in [1.54, 1.807) is 14.2 Å². The molecule has 0 aliphatic heterocycles. The quantitative estimate of drug-likeness (QED) is 0.542. The molecule has 0 aromatic heterocycles. The van der Waals surface area contributed by atoms with E-state index in [4.69, 9.17) is 14.2 Å². The van der Waals surface area contributed by atoms with Crippen LogP contribution in [-0.2, 0) is 9.53 Å². The van der Waals surface area contributed by atoms with Crippen molar-refractivity contribution in [2.75, 3.05) is 26.6 Å². The zero-order valence-electron chi connectivity index (χ0n) is 16.0. The van der Waals surface area contributed by atoms with Gasteiger partial charge in [-0.15, -0.1) is 0 Å². The lowest BCUT2D eigenvalue weighted by molar-refractivity contribution is -0.140. The molecule has 1 N–H and O–H groups in total. The molecule has 5 heteroatoms. The van der Waals surface area contributed by atoms with Gasteiger partial charge in [-0.25, -0.2) is 4.79 Å². The number of carbonyl (C=O) groups excluding carboxylic acids is 1. The van der Waals surface area contributed by atoms with Crippen LogP contribution in [0.4, 0.5) is 5.69 Å². The number of benzene rings is 3. The molecule has 0 heterocycles. The van der Waals surface area contributed by atoms with E-state index in [2.05, 4.69) is 17.2 Å². The Bertz CT molecular complexity index is 1030. The Morgan fingerprint density at radius 2 is 1.50 bits per heavy atom. The fourth-order valence-electron chi connectivity index (χ4n) is 2.71. The van der Waals surface area contributed by atoms with Crippen LogP contribution in [0.1, 0.15) is 5.56 Å². The topological polar surface area (TPSA) is 56.8 Å². The van der Waals surface area contributed by atoms with E-state index in [-0.39, 0.29) is 0 Å². The number of hydrogen-bond donors (Lipinski definition) is 1. The first-order valence-electron chi connectivity index (χ1n) is 8.70. The lowest BCUT2D eigenvalue weighted by Crippen LogP contribution is -2.29. The molecule has 0 radical (unpaired) electrons. The second kappa shape index (κ2) is 8.83. The normalized spacial score (nSPS) is 11.1. The summed E-state index contributed by atoms with van der Waals surface area (Å²) >= 11 is 0. The van der Waals surface area contributed by atoms with Gasteiger partial charge in [-0.1, -0.05) is 24.0 Å². The van der Waals surface area contributed by atoms with Gasteiger partial charge in [0.2, 0.25) is 0 Å². The van der Waals surface area contributed by atoms with Gasteiger partial charge < -0.3 is 19.5 Å². The largest absolute Gasteiger partial charge is 0.497 e. The molecule has 3 aromatic carbocycles. The van der Waals surface area contributed by atoms with Gasteiger partial charge in [0.25, 0.3) is 0 Å². The molecule has 0 fully saturated rings. The highest BCUT2D eigenvalue weighted by Crippen LogP contribution is 2.21. The van der Waals surface area contributed by atoms with Crippen molar-refractivity contribution in [2.45, 2.75) is 6.04 Å². The Balaban J connectivity index is 1.83. The average Bonchev–Trinajstić information content (AvgIpc) is 2.75. The fraction of sp³-hybridized carbons (Fsp3) is 0.174. The molecular weight excluding hydrogens is 354 g/mol. The summed E-state index contributed by atoms with van der Waals surface area (Å²) in [5.41, 5.74) is 1.55. The van der Waals surface area contributed by atoms with Gasteiger partial charge >= 0.3 is 5.97 Å². The van der Waals surface area contributed by atoms with Crippen LogP contribution < -0.4 is 14.8 Å². The van der Waals surface area contributed by atoms with E-state index in [0.717, 1.165) is 33.5 Å². The van der Waals surface area contributed by atoms with Crippen LogP contribution >= 0.6 is 0 Å². The SMILES string of the molecule is COC(=O)[C@@H](C#Cc1ccc2cc(OC)ccc2c1)Nc1ccc(OC)cc1. The van der Waals surface area contributed by atoms with E-state index in [1.165, 1.54) is 7.11 Å². The zero-order chi connectivity index (χ0) is 19.9. The van der Waals surface area contributed by atoms with Crippen molar-refractivity contribution in [3.05, 3.63) is 66.2 Å². The van der Waals surface area contributed by atoms with Crippen molar-refractivity contribution >= 4 is 22.4 Å². The predicted molar refractivity (Wildman–Crippen MR) is 110 cm³/mol. The van der Waals surface area contributed by atoms with E-state index >= 15 is 0 Å². The molecule has 0 spiro atoms. The first-order chi connectivity index (χ1) is 13.6. The van der Waals surface area contributed by atoms with Crippen molar-refractivity contribution in [3.63, 3.8) is 0 Å². The Morgan fingerprint density at radius 3 is 2.18 bits per heavy atom. The van der Waals surface area contributed by atoms with Gasteiger partial charge in [0.15, 0.2) is 6.04 Å². The smallest absolute Gasteiger partial charge is 0.341 e. The maximum Gasteiger partial charge on any atom is 0.341 e. The summed E-state index contributed by atoms with van der Waals surface area (Å²) in [4.78, 5) is 12.1. The van der Waals surface area contributed by atoms with Gasteiger partial charge in [-0.2, -0.15) is 0 Å². The third-order valence-electron chi connectivity index (χ3n) is 4.25. The molecule has 0 aliphatic carbocycles. The van der Waals surface area contributed by atoms with E-state index in [1.807, 2.05) is 60.7 Å². The summed E-state index contributed by atoms with van der Waals surface area (Å²) in [6.07, 6.45) is 0. The summed E-state index contributed by atoms with van der Waals surface area (Å²) in [5.74, 6) is 7.11. The second-order valence-electron chi connectivity index (χ2n) is 6.03. The number of nitrogens with one attached hydrogen (secondary N) is 1. The van der Waals surface area contributed by atoms with E-state index in [0.29, 0.717) is 0 Å². The highest BCUT2D eigenvalue weighted by Gasteiger charge is 2.16. The van der Waals surface area contributed by atoms with Crippen molar-refractivity contribution in [1.82, 2.24) is 0 Å². The molecule has 3 aromatic rings. The minimum absolute atomic E-state index is 0.450. The minimum atomic E-state index is -0.787. The molecule has 5 nitrogen and oxygen atoms in total. The minimum Gasteiger partial charge on any atom is -0.497 e. The molecule has 28 heavy (non-hydrogen) atoms. The molecule has 142 valence electrons. The lowest BCUT2D eigenvalue weighted by Gasteiger charge is -2.12. The Hall–Kier alpha value is -3.65. The summed E-state index contributed by atoms with van der Waals surface area (Å²) in [6, 6.07) is 18.2. The van der Waals surface area contributed by atoms with Gasteiger partial charge in [0.05, 0.1) is 21.3 Å². The molecule has 0 saturated heterocycles. The van der Waals surface area contributed by atoms with E-state index in [9.17, 15) is 4.79 Å². The maximum atomic E-state index is 12.1. The van der Waals surface area contributed by atoms with Crippen LogP contribution in [-0.4, -0.2) is 33.3 Å². The number of hydrogen-bond acceptors (Lipinski definition) is 5. The number of anilines is 1. The molecule has 0 bridgehead atoms.